The summed E-state index contributed by atoms with van der Waals surface area (Å²) in [6, 6.07) is 9.52. The first-order valence-electron chi connectivity index (χ1n) is 10.6. The number of benzene rings is 2. The van der Waals surface area contributed by atoms with Gasteiger partial charge in [0.25, 0.3) is 0 Å². The first kappa shape index (κ1) is 24.2. The molecule has 1 aliphatic heterocycles. The summed E-state index contributed by atoms with van der Waals surface area (Å²) in [5.41, 5.74) is 16.4. The molecule has 0 N–H and O–H groups in total. The van der Waals surface area contributed by atoms with Crippen molar-refractivity contribution in [1.29, 1.82) is 0 Å². The first-order chi connectivity index (χ1) is 13.2. The summed E-state index contributed by atoms with van der Waals surface area (Å²) in [5, 5.41) is 3.58. The molecule has 2 unspecified atom stereocenters. The van der Waals surface area contributed by atoms with Crippen LogP contribution in [0.25, 0.3) is 10.4 Å². The number of halogens is 2. The SMILES string of the molecule is CC1=C2c3c(C)ccc(C)c3[CH]1[Zr+2][CH]1C(C)=C(c3c(C)ccc(C)c31)[Si]2(C)C.[Cl-].[Cl-]. The third kappa shape index (κ3) is 2.93. The van der Waals surface area contributed by atoms with E-state index in [1.54, 1.807) is 43.8 Å². The maximum absolute atomic E-state index is 2.64. The Hall–Kier alpha value is -0.400. The molecule has 30 heavy (non-hydrogen) atoms. The van der Waals surface area contributed by atoms with Gasteiger partial charge in [-0.3, -0.25) is 0 Å². The average Bonchev–Trinajstić information content (AvgIpc) is 3.11. The van der Waals surface area contributed by atoms with Gasteiger partial charge in [-0.25, -0.2) is 0 Å². The van der Waals surface area contributed by atoms with Gasteiger partial charge in [-0.05, 0) is 0 Å². The van der Waals surface area contributed by atoms with Crippen molar-refractivity contribution < 1.29 is 48.0 Å². The topological polar surface area (TPSA) is 0 Å². The van der Waals surface area contributed by atoms with Crippen LogP contribution >= 0.6 is 0 Å². The molecule has 0 spiro atoms. The van der Waals surface area contributed by atoms with Gasteiger partial charge in [0.05, 0.1) is 0 Å². The summed E-state index contributed by atoms with van der Waals surface area (Å²) in [4.78, 5) is 0. The minimum atomic E-state index is -1.80. The second-order valence-electron chi connectivity index (χ2n) is 9.75. The number of rotatable bonds is 0. The monoisotopic (exact) mass is 530 g/mol. The molecule has 0 fully saturated rings. The van der Waals surface area contributed by atoms with Gasteiger partial charge >= 0.3 is 184 Å². The first-order valence-corrected chi connectivity index (χ1v) is 16.4. The van der Waals surface area contributed by atoms with Crippen LogP contribution in [-0.4, -0.2) is 8.07 Å². The molecule has 0 saturated carbocycles. The van der Waals surface area contributed by atoms with Crippen molar-refractivity contribution in [3.63, 3.8) is 0 Å². The molecule has 3 aliphatic rings. The molecule has 0 nitrogen and oxygen atoms in total. The van der Waals surface area contributed by atoms with E-state index in [0.29, 0.717) is 0 Å². The molecule has 2 atom stereocenters. The van der Waals surface area contributed by atoms with Crippen molar-refractivity contribution in [3.05, 3.63) is 79.9 Å². The molecule has 1 heterocycles. The van der Waals surface area contributed by atoms with Crippen molar-refractivity contribution in [3.8, 4) is 0 Å². The average molecular weight is 533 g/mol. The number of fused-ring (bicyclic) bond motifs is 8. The largest absolute Gasteiger partial charge is 1.00 e. The summed E-state index contributed by atoms with van der Waals surface area (Å²) in [5.74, 6) is 0. The molecular formula is C26H30Cl2SiZr. The Bertz CT molecular complexity index is 1050. The Morgan fingerprint density at radius 1 is 0.600 bits per heavy atom. The van der Waals surface area contributed by atoms with E-state index in [4.69, 9.17) is 0 Å². The number of allylic oxidation sites excluding steroid dienone is 2. The van der Waals surface area contributed by atoms with E-state index in [0.717, 1.165) is 7.25 Å². The maximum Gasteiger partial charge on any atom is -1.00 e. The van der Waals surface area contributed by atoms with Crippen LogP contribution in [-0.2, 0) is 23.2 Å². The van der Waals surface area contributed by atoms with Crippen LogP contribution in [0, 0.1) is 27.7 Å². The van der Waals surface area contributed by atoms with E-state index in [9.17, 15) is 0 Å². The second-order valence-corrected chi connectivity index (χ2v) is 17.7. The molecule has 0 saturated heterocycles. The zero-order valence-corrected chi connectivity index (χ0v) is 24.2. The predicted molar refractivity (Wildman–Crippen MR) is 120 cm³/mol. The molecule has 2 aromatic rings. The van der Waals surface area contributed by atoms with Crippen LogP contribution in [0.4, 0.5) is 0 Å². The van der Waals surface area contributed by atoms with Gasteiger partial charge < -0.3 is 24.8 Å². The van der Waals surface area contributed by atoms with Crippen LogP contribution in [0.15, 0.2) is 35.4 Å². The summed E-state index contributed by atoms with van der Waals surface area (Å²) in [7, 11) is -1.80. The van der Waals surface area contributed by atoms with Crippen LogP contribution < -0.4 is 24.8 Å². The Morgan fingerprint density at radius 3 is 1.30 bits per heavy atom. The van der Waals surface area contributed by atoms with Crippen molar-refractivity contribution in [2.24, 2.45) is 0 Å². The van der Waals surface area contributed by atoms with Crippen LogP contribution in [0.3, 0.4) is 0 Å². The Morgan fingerprint density at radius 2 is 0.933 bits per heavy atom. The van der Waals surface area contributed by atoms with E-state index < -0.39 is 31.3 Å². The Labute approximate surface area is 207 Å². The minimum Gasteiger partial charge on any atom is -1.00 e. The second kappa shape index (κ2) is 7.87. The number of aryl methyl sites for hydroxylation is 4. The molecule has 0 aromatic heterocycles. The van der Waals surface area contributed by atoms with Gasteiger partial charge in [0.2, 0.25) is 0 Å². The molecule has 2 aliphatic carbocycles. The molecule has 4 heteroatoms. The number of hydrogen-bond acceptors (Lipinski definition) is 0. The summed E-state index contributed by atoms with van der Waals surface area (Å²) in [6.07, 6.45) is 0. The van der Waals surface area contributed by atoms with E-state index in [1.165, 1.54) is 22.3 Å². The van der Waals surface area contributed by atoms with Crippen LogP contribution in [0.1, 0.15) is 65.6 Å². The van der Waals surface area contributed by atoms with Crippen molar-refractivity contribution in [1.82, 2.24) is 0 Å². The van der Waals surface area contributed by atoms with Gasteiger partial charge in [-0.15, -0.1) is 0 Å². The van der Waals surface area contributed by atoms with E-state index in [2.05, 4.69) is 78.9 Å². The van der Waals surface area contributed by atoms with E-state index >= 15 is 0 Å². The van der Waals surface area contributed by atoms with Gasteiger partial charge in [-0.2, -0.15) is 0 Å². The zero-order chi connectivity index (χ0) is 20.1. The summed E-state index contributed by atoms with van der Waals surface area (Å²) >= 11 is -0.726. The predicted octanol–water partition coefficient (Wildman–Crippen LogP) is 1.17. The molecular weight excluding hydrogens is 503 g/mol. The fourth-order valence-corrected chi connectivity index (χ4v) is 17.0. The van der Waals surface area contributed by atoms with Gasteiger partial charge in [0.1, 0.15) is 0 Å². The molecule has 5 rings (SSSR count). The minimum absolute atomic E-state index is 0. The quantitative estimate of drug-likeness (QED) is 0.447. The molecule has 2 aromatic carbocycles. The molecule has 0 amide bonds. The number of hydrogen-bond donors (Lipinski definition) is 0. The molecule has 4 bridgehead atoms. The van der Waals surface area contributed by atoms with Crippen LogP contribution in [0.5, 0.6) is 0 Å². The zero-order valence-electron chi connectivity index (χ0n) is 19.2. The van der Waals surface area contributed by atoms with Gasteiger partial charge in [0, 0.05) is 0 Å². The third-order valence-corrected chi connectivity index (χ3v) is 16.6. The van der Waals surface area contributed by atoms with Crippen molar-refractivity contribution in [2.45, 2.75) is 61.9 Å². The Kier molecular flexibility index (Phi) is 6.36. The van der Waals surface area contributed by atoms with E-state index in [-0.39, 0.29) is 24.8 Å². The standard InChI is InChI=1S/C26H30Si.2ClH.Zr/c1-15-9-11-17(3)23-21(15)13-19(5)25(23)27(7,8)26-20(6)14-22-16(2)10-12-18(4)24(22)26;;;/h9-14H,1-8H3;2*1H;/q;;;+2/p-2. The summed E-state index contributed by atoms with van der Waals surface area (Å²) in [6.45, 7) is 19.7. The smallest absolute Gasteiger partial charge is 1.00 e. The normalized spacial score (nSPS) is 22.1. The van der Waals surface area contributed by atoms with Crippen molar-refractivity contribution in [2.75, 3.05) is 0 Å². The molecule has 0 radical (unpaired) electrons. The maximum atomic E-state index is 2.64. The van der Waals surface area contributed by atoms with E-state index in [1.807, 2.05) is 0 Å². The van der Waals surface area contributed by atoms with Gasteiger partial charge in [-0.1, -0.05) is 0 Å². The van der Waals surface area contributed by atoms with Crippen molar-refractivity contribution >= 4 is 18.5 Å². The van der Waals surface area contributed by atoms with Crippen LogP contribution in [0.2, 0.25) is 13.1 Å². The fourth-order valence-electron chi connectivity index (χ4n) is 6.51. The summed E-state index contributed by atoms with van der Waals surface area (Å²) < 4.78 is 1.51. The fraction of sp³-hybridized carbons (Fsp3) is 0.385. The third-order valence-electron chi connectivity index (χ3n) is 7.66. The van der Waals surface area contributed by atoms with Gasteiger partial charge in [0.15, 0.2) is 0 Å². The Balaban J connectivity index is 0.00000128. The molecule has 156 valence electrons.